The lowest BCUT2D eigenvalue weighted by atomic mass is 10.0. The van der Waals surface area contributed by atoms with Crippen molar-refractivity contribution in [2.45, 2.75) is 25.9 Å². The van der Waals surface area contributed by atoms with E-state index in [-0.39, 0.29) is 29.4 Å². The van der Waals surface area contributed by atoms with Gasteiger partial charge in [-0.2, -0.15) is 5.10 Å². The summed E-state index contributed by atoms with van der Waals surface area (Å²) < 4.78 is 16.5. The summed E-state index contributed by atoms with van der Waals surface area (Å²) >= 11 is 4.82. The maximum Gasteiger partial charge on any atom is 0.261 e. The Labute approximate surface area is 225 Å². The van der Waals surface area contributed by atoms with E-state index in [1.165, 1.54) is 23.5 Å². The first-order chi connectivity index (χ1) is 17.9. The van der Waals surface area contributed by atoms with Crippen molar-refractivity contribution in [3.8, 4) is 11.3 Å². The van der Waals surface area contributed by atoms with Crippen LogP contribution in [0.25, 0.3) is 11.3 Å². The molecule has 2 aromatic heterocycles. The fraction of sp³-hybridized carbons (Fsp3) is 0.185. The molecule has 4 aromatic rings. The molecule has 4 rings (SSSR count). The van der Waals surface area contributed by atoms with Crippen molar-refractivity contribution >= 4 is 45.4 Å². The Hall–Kier alpha value is -3.63. The number of halogens is 2. The quantitative estimate of drug-likeness (QED) is 0.254. The summed E-state index contributed by atoms with van der Waals surface area (Å²) in [6.07, 6.45) is 2.64. The summed E-state index contributed by atoms with van der Waals surface area (Å²) in [6.45, 7) is 2.75. The van der Waals surface area contributed by atoms with Crippen LogP contribution in [-0.2, 0) is 13.0 Å². The predicted molar refractivity (Wildman–Crippen MR) is 144 cm³/mol. The van der Waals surface area contributed by atoms with Gasteiger partial charge in [0.05, 0.1) is 27.3 Å². The van der Waals surface area contributed by atoms with E-state index < -0.39 is 11.9 Å². The molecular weight excluding hydrogens is 559 g/mol. The summed E-state index contributed by atoms with van der Waals surface area (Å²) in [4.78, 5) is 37.8. The lowest BCUT2D eigenvalue weighted by Crippen LogP contribution is -2.45. The Balaban J connectivity index is 1.51. The Morgan fingerprint density at radius 1 is 1.16 bits per heavy atom. The molecule has 10 heteroatoms. The fourth-order valence-electron chi connectivity index (χ4n) is 3.97. The van der Waals surface area contributed by atoms with Crippen molar-refractivity contribution in [1.29, 1.82) is 0 Å². The molecule has 190 valence electrons. The third kappa shape index (κ3) is 6.39. The molecule has 0 aliphatic rings. The minimum atomic E-state index is -0.528. The molecule has 0 aliphatic carbocycles. The van der Waals surface area contributed by atoms with Crippen molar-refractivity contribution in [2.24, 2.45) is 0 Å². The van der Waals surface area contributed by atoms with E-state index in [4.69, 9.17) is 0 Å². The molecule has 0 saturated carbocycles. The molecule has 0 radical (unpaired) electrons. The molecule has 0 bridgehead atoms. The number of benzene rings is 2. The number of hydrogen-bond acceptors (Lipinski definition) is 5. The van der Waals surface area contributed by atoms with Crippen LogP contribution in [0.2, 0.25) is 0 Å². The number of hydrogen-bond donors (Lipinski definition) is 2. The molecule has 0 unspecified atom stereocenters. The summed E-state index contributed by atoms with van der Waals surface area (Å²) in [5, 5.41) is 12.0. The van der Waals surface area contributed by atoms with E-state index in [9.17, 15) is 18.8 Å². The van der Waals surface area contributed by atoms with Gasteiger partial charge in [0.2, 0.25) is 0 Å². The largest absolute Gasteiger partial charge is 0.350 e. The molecule has 0 saturated heterocycles. The van der Waals surface area contributed by atoms with Gasteiger partial charge < -0.3 is 10.6 Å². The average molecular weight is 583 g/mol. The highest BCUT2D eigenvalue weighted by Gasteiger charge is 2.20. The van der Waals surface area contributed by atoms with Crippen LogP contribution < -0.4 is 10.6 Å². The van der Waals surface area contributed by atoms with Crippen LogP contribution >= 0.6 is 27.3 Å². The van der Waals surface area contributed by atoms with Gasteiger partial charge in [-0.1, -0.05) is 30.3 Å². The van der Waals surface area contributed by atoms with Crippen LogP contribution in [0.5, 0.6) is 0 Å². The standard InChI is InChI=1S/C27H24BrFN4O3S/c1-2-33-25(23(28)14-31-33)19-12-24(37-16-19)27(36)32-21(11-17-6-5-8-20(29)10-17)13-30-26(35)22-9-4-3-7-18(22)15-34/h3-10,12,14-16,21H,2,11,13H2,1H3,(H,30,35)(H,32,36)/t21-/m0/s1. The second-order valence-corrected chi connectivity index (χ2v) is 10.0. The number of aryl methyl sites for hydroxylation is 1. The summed E-state index contributed by atoms with van der Waals surface area (Å²) in [7, 11) is 0. The number of rotatable bonds is 10. The highest BCUT2D eigenvalue weighted by atomic mass is 79.9. The van der Waals surface area contributed by atoms with Gasteiger partial charge in [-0.15, -0.1) is 11.3 Å². The first kappa shape index (κ1) is 26.4. The zero-order valence-electron chi connectivity index (χ0n) is 19.9. The van der Waals surface area contributed by atoms with Crippen LogP contribution in [-0.4, -0.2) is 40.5 Å². The molecule has 2 aromatic carbocycles. The number of nitrogens with one attached hydrogen (secondary N) is 2. The summed E-state index contributed by atoms with van der Waals surface area (Å²) in [5.41, 5.74) is 2.94. The van der Waals surface area contributed by atoms with Crippen molar-refractivity contribution in [3.63, 3.8) is 0 Å². The topological polar surface area (TPSA) is 93.1 Å². The second-order valence-electron chi connectivity index (χ2n) is 8.28. The van der Waals surface area contributed by atoms with E-state index in [0.29, 0.717) is 29.7 Å². The average Bonchev–Trinajstić information content (AvgIpc) is 3.53. The number of aldehydes is 1. The SMILES string of the molecule is CCn1ncc(Br)c1-c1csc(C(=O)N[C@H](CNC(=O)c2ccccc2C=O)Cc2cccc(F)c2)c1. The molecule has 0 spiro atoms. The molecule has 0 aliphatic heterocycles. The number of amides is 2. The highest BCUT2D eigenvalue weighted by molar-refractivity contribution is 9.10. The maximum atomic E-state index is 13.8. The van der Waals surface area contributed by atoms with Gasteiger partial charge in [0.25, 0.3) is 11.8 Å². The minimum absolute atomic E-state index is 0.0840. The zero-order chi connectivity index (χ0) is 26.4. The molecular formula is C27H24BrFN4O3S. The van der Waals surface area contributed by atoms with Crippen molar-refractivity contribution in [2.75, 3.05) is 6.54 Å². The van der Waals surface area contributed by atoms with E-state index in [0.717, 1.165) is 15.7 Å². The smallest absolute Gasteiger partial charge is 0.261 e. The lowest BCUT2D eigenvalue weighted by Gasteiger charge is -2.20. The van der Waals surface area contributed by atoms with E-state index >= 15 is 0 Å². The number of thiophene rings is 1. The van der Waals surface area contributed by atoms with Crippen molar-refractivity contribution < 1.29 is 18.8 Å². The Morgan fingerprint density at radius 2 is 1.97 bits per heavy atom. The summed E-state index contributed by atoms with van der Waals surface area (Å²) in [5.74, 6) is -1.12. The minimum Gasteiger partial charge on any atom is -0.350 e. The molecule has 0 fully saturated rings. The Kier molecular flexibility index (Phi) is 8.62. The molecule has 7 nitrogen and oxygen atoms in total. The van der Waals surface area contributed by atoms with Crippen LogP contribution in [0.15, 0.2) is 70.6 Å². The van der Waals surface area contributed by atoms with Gasteiger partial charge >= 0.3 is 0 Å². The zero-order valence-corrected chi connectivity index (χ0v) is 22.3. The molecule has 1 atom stereocenters. The van der Waals surface area contributed by atoms with Gasteiger partial charge in [0.15, 0.2) is 6.29 Å². The van der Waals surface area contributed by atoms with Crippen LogP contribution in [0.3, 0.4) is 0 Å². The van der Waals surface area contributed by atoms with E-state index in [1.807, 2.05) is 17.0 Å². The lowest BCUT2D eigenvalue weighted by molar-refractivity contribution is 0.0910. The molecule has 2 N–H and O–H groups in total. The number of carbonyl (C=O) groups excluding carboxylic acids is 3. The van der Waals surface area contributed by atoms with Gasteiger partial charge in [-0.3, -0.25) is 19.1 Å². The van der Waals surface area contributed by atoms with Crippen LogP contribution in [0.1, 0.15) is 42.9 Å². The van der Waals surface area contributed by atoms with E-state index in [2.05, 4.69) is 31.7 Å². The van der Waals surface area contributed by atoms with Gasteiger partial charge in [-0.05, 0) is 59.1 Å². The number of aromatic nitrogens is 2. The summed E-state index contributed by atoms with van der Waals surface area (Å²) in [6, 6.07) is 13.8. The predicted octanol–water partition coefficient (Wildman–Crippen LogP) is 5.12. The van der Waals surface area contributed by atoms with Crippen LogP contribution in [0.4, 0.5) is 4.39 Å². The van der Waals surface area contributed by atoms with Crippen molar-refractivity contribution in [1.82, 2.24) is 20.4 Å². The van der Waals surface area contributed by atoms with Gasteiger partial charge in [0, 0.05) is 35.2 Å². The highest BCUT2D eigenvalue weighted by Crippen LogP contribution is 2.31. The molecule has 2 heterocycles. The van der Waals surface area contributed by atoms with Gasteiger partial charge in [0.1, 0.15) is 5.82 Å². The first-order valence-corrected chi connectivity index (χ1v) is 13.2. The number of carbonyl (C=O) groups is 3. The van der Waals surface area contributed by atoms with Crippen LogP contribution in [0, 0.1) is 5.82 Å². The normalized spacial score (nSPS) is 11.6. The monoisotopic (exact) mass is 582 g/mol. The third-order valence-electron chi connectivity index (χ3n) is 5.74. The number of nitrogens with zero attached hydrogens (tertiary/aromatic N) is 2. The maximum absolute atomic E-state index is 13.8. The Morgan fingerprint density at radius 3 is 2.73 bits per heavy atom. The van der Waals surface area contributed by atoms with Gasteiger partial charge in [-0.25, -0.2) is 4.39 Å². The second kappa shape index (κ2) is 12.1. The first-order valence-electron chi connectivity index (χ1n) is 11.6. The fourth-order valence-corrected chi connectivity index (χ4v) is 5.29. The van der Waals surface area contributed by atoms with E-state index in [1.54, 1.807) is 48.7 Å². The van der Waals surface area contributed by atoms with Crippen molar-refractivity contribution in [3.05, 3.63) is 98.0 Å². The molecule has 37 heavy (non-hydrogen) atoms. The Bertz CT molecular complexity index is 1430. The third-order valence-corrected chi connectivity index (χ3v) is 7.25. The molecule has 2 amide bonds.